The molecular weight excluding hydrogens is 408 g/mol. The number of nitrogens with one attached hydrogen (secondary N) is 2. The SMILES string of the molecule is COc1ccc(Br)cc1/C=N/NC(=O)c1cc(-c2ccc(C)c(C)c2)n[nH]1. The average Bonchev–Trinajstić information content (AvgIpc) is 3.14. The number of hydrogen-bond acceptors (Lipinski definition) is 4. The molecule has 1 aromatic heterocycles. The van der Waals surface area contributed by atoms with Crippen LogP contribution in [0.15, 0.2) is 52.0 Å². The number of hydrazone groups is 1. The van der Waals surface area contributed by atoms with Crippen LogP contribution in [0.25, 0.3) is 11.3 Å². The second kappa shape index (κ2) is 8.18. The monoisotopic (exact) mass is 426 g/mol. The van der Waals surface area contributed by atoms with E-state index in [2.05, 4.69) is 43.6 Å². The summed E-state index contributed by atoms with van der Waals surface area (Å²) < 4.78 is 6.16. The lowest BCUT2D eigenvalue weighted by Crippen LogP contribution is -2.18. The zero-order valence-corrected chi connectivity index (χ0v) is 16.8. The number of rotatable bonds is 5. The Morgan fingerprint density at radius 2 is 2.00 bits per heavy atom. The van der Waals surface area contributed by atoms with E-state index in [1.165, 1.54) is 17.3 Å². The summed E-state index contributed by atoms with van der Waals surface area (Å²) in [4.78, 5) is 12.3. The van der Waals surface area contributed by atoms with Gasteiger partial charge in [0.1, 0.15) is 11.4 Å². The van der Waals surface area contributed by atoms with Crippen molar-refractivity contribution in [1.82, 2.24) is 15.6 Å². The number of aryl methyl sites for hydroxylation is 2. The first-order valence-electron chi connectivity index (χ1n) is 8.28. The van der Waals surface area contributed by atoms with E-state index in [0.29, 0.717) is 17.1 Å². The summed E-state index contributed by atoms with van der Waals surface area (Å²) >= 11 is 3.40. The maximum absolute atomic E-state index is 12.3. The van der Waals surface area contributed by atoms with Crippen LogP contribution in [-0.2, 0) is 0 Å². The molecule has 1 amide bonds. The first-order valence-corrected chi connectivity index (χ1v) is 9.07. The number of carbonyl (C=O) groups is 1. The van der Waals surface area contributed by atoms with Gasteiger partial charge in [-0.1, -0.05) is 28.1 Å². The number of aromatic nitrogens is 2. The molecule has 1 heterocycles. The molecule has 0 atom stereocenters. The molecule has 0 saturated carbocycles. The predicted molar refractivity (Wildman–Crippen MR) is 109 cm³/mol. The molecule has 0 radical (unpaired) electrons. The Labute approximate surface area is 165 Å². The van der Waals surface area contributed by atoms with Crippen LogP contribution in [0.1, 0.15) is 27.2 Å². The van der Waals surface area contributed by atoms with Crippen molar-refractivity contribution in [2.24, 2.45) is 5.10 Å². The van der Waals surface area contributed by atoms with Gasteiger partial charge in [0, 0.05) is 15.6 Å². The van der Waals surface area contributed by atoms with Crippen molar-refractivity contribution in [1.29, 1.82) is 0 Å². The van der Waals surface area contributed by atoms with Crippen molar-refractivity contribution in [2.75, 3.05) is 7.11 Å². The number of nitrogens with zero attached hydrogens (tertiary/aromatic N) is 2. The van der Waals surface area contributed by atoms with Gasteiger partial charge in [0.2, 0.25) is 0 Å². The van der Waals surface area contributed by atoms with Gasteiger partial charge in [0.25, 0.3) is 5.91 Å². The number of H-pyrrole nitrogens is 1. The molecule has 6 nitrogen and oxygen atoms in total. The number of aromatic amines is 1. The molecule has 0 fully saturated rings. The molecule has 0 aliphatic heterocycles. The highest BCUT2D eigenvalue weighted by Gasteiger charge is 2.11. The van der Waals surface area contributed by atoms with Gasteiger partial charge < -0.3 is 4.74 Å². The van der Waals surface area contributed by atoms with Crippen molar-refractivity contribution in [2.45, 2.75) is 13.8 Å². The molecule has 2 N–H and O–H groups in total. The van der Waals surface area contributed by atoms with Gasteiger partial charge in [-0.05, 0) is 55.3 Å². The van der Waals surface area contributed by atoms with Gasteiger partial charge in [-0.25, -0.2) is 5.43 Å². The minimum atomic E-state index is -0.372. The maximum atomic E-state index is 12.3. The number of hydrogen-bond donors (Lipinski definition) is 2. The van der Waals surface area contributed by atoms with E-state index in [-0.39, 0.29) is 5.91 Å². The lowest BCUT2D eigenvalue weighted by molar-refractivity contribution is 0.0950. The normalized spacial score (nSPS) is 11.0. The van der Waals surface area contributed by atoms with E-state index in [0.717, 1.165) is 15.6 Å². The Morgan fingerprint density at radius 1 is 1.19 bits per heavy atom. The van der Waals surface area contributed by atoms with Crippen molar-refractivity contribution in [3.8, 4) is 17.0 Å². The highest BCUT2D eigenvalue weighted by molar-refractivity contribution is 9.10. The molecular formula is C20H19BrN4O2. The highest BCUT2D eigenvalue weighted by Crippen LogP contribution is 2.22. The van der Waals surface area contributed by atoms with Gasteiger partial charge in [-0.15, -0.1) is 0 Å². The number of methoxy groups -OCH3 is 1. The minimum Gasteiger partial charge on any atom is -0.496 e. The van der Waals surface area contributed by atoms with E-state index in [1.54, 1.807) is 13.2 Å². The number of ether oxygens (including phenoxy) is 1. The maximum Gasteiger partial charge on any atom is 0.289 e. The standard InChI is InChI=1S/C20H19BrN4O2/c1-12-4-5-14(8-13(12)2)17-10-18(24-23-17)20(26)25-22-11-15-9-16(21)6-7-19(15)27-3/h4-11H,1-3H3,(H,23,24)(H,25,26)/b22-11+. The third-order valence-corrected chi connectivity index (χ3v) is 4.68. The molecule has 0 bridgehead atoms. The highest BCUT2D eigenvalue weighted by atomic mass is 79.9. The summed E-state index contributed by atoms with van der Waals surface area (Å²) in [7, 11) is 1.58. The van der Waals surface area contributed by atoms with Crippen molar-refractivity contribution >= 4 is 28.1 Å². The summed E-state index contributed by atoms with van der Waals surface area (Å²) in [5.41, 5.74) is 7.62. The molecule has 3 aromatic rings. The van der Waals surface area contributed by atoms with Crippen LogP contribution in [-0.4, -0.2) is 29.4 Å². The van der Waals surface area contributed by atoms with E-state index in [9.17, 15) is 4.79 Å². The first kappa shape index (κ1) is 18.8. The van der Waals surface area contributed by atoms with Crippen LogP contribution in [0.3, 0.4) is 0 Å². The molecule has 0 unspecified atom stereocenters. The molecule has 0 spiro atoms. The fourth-order valence-electron chi connectivity index (χ4n) is 2.51. The number of carbonyl (C=O) groups excluding carboxylic acids is 1. The van der Waals surface area contributed by atoms with Crippen LogP contribution in [0, 0.1) is 13.8 Å². The van der Waals surface area contributed by atoms with Crippen LogP contribution < -0.4 is 10.2 Å². The lowest BCUT2D eigenvalue weighted by Gasteiger charge is -2.04. The Hall–Kier alpha value is -2.93. The Morgan fingerprint density at radius 3 is 2.74 bits per heavy atom. The van der Waals surface area contributed by atoms with Crippen LogP contribution in [0.2, 0.25) is 0 Å². The molecule has 2 aromatic carbocycles. The average molecular weight is 427 g/mol. The second-order valence-corrected chi connectivity index (χ2v) is 6.97. The Bertz CT molecular complexity index is 1010. The van der Waals surface area contributed by atoms with Crippen molar-refractivity contribution < 1.29 is 9.53 Å². The number of amides is 1. The summed E-state index contributed by atoms with van der Waals surface area (Å²) in [5, 5.41) is 11.0. The molecule has 0 aliphatic carbocycles. The lowest BCUT2D eigenvalue weighted by atomic mass is 10.0. The summed E-state index contributed by atoms with van der Waals surface area (Å²) in [6.45, 7) is 4.10. The third kappa shape index (κ3) is 4.43. The summed E-state index contributed by atoms with van der Waals surface area (Å²) in [5.74, 6) is 0.289. The molecule has 0 aliphatic rings. The molecule has 27 heavy (non-hydrogen) atoms. The first-order chi connectivity index (χ1) is 13.0. The van der Waals surface area contributed by atoms with Crippen LogP contribution in [0.4, 0.5) is 0 Å². The fraction of sp³-hybridized carbons (Fsp3) is 0.150. The number of benzene rings is 2. The van der Waals surface area contributed by atoms with E-state index < -0.39 is 0 Å². The van der Waals surface area contributed by atoms with Gasteiger partial charge in [0.05, 0.1) is 19.0 Å². The predicted octanol–water partition coefficient (Wildman–Crippen LogP) is 4.23. The number of halogens is 1. The van der Waals surface area contributed by atoms with E-state index in [1.807, 2.05) is 43.3 Å². The van der Waals surface area contributed by atoms with Gasteiger partial charge >= 0.3 is 0 Å². The minimum absolute atomic E-state index is 0.335. The largest absolute Gasteiger partial charge is 0.496 e. The molecule has 7 heteroatoms. The van der Waals surface area contributed by atoms with Gasteiger partial charge in [0.15, 0.2) is 0 Å². The zero-order valence-electron chi connectivity index (χ0n) is 15.2. The van der Waals surface area contributed by atoms with Crippen molar-refractivity contribution in [3.05, 3.63) is 69.3 Å². The topological polar surface area (TPSA) is 79.4 Å². The van der Waals surface area contributed by atoms with Gasteiger partial charge in [-0.3, -0.25) is 9.89 Å². The molecule has 138 valence electrons. The quantitative estimate of drug-likeness (QED) is 0.473. The Kier molecular flexibility index (Phi) is 5.71. The summed E-state index contributed by atoms with van der Waals surface area (Å²) in [6.07, 6.45) is 1.53. The zero-order chi connectivity index (χ0) is 19.4. The Balaban J connectivity index is 1.71. The second-order valence-electron chi connectivity index (χ2n) is 6.05. The van der Waals surface area contributed by atoms with Crippen LogP contribution in [0.5, 0.6) is 5.75 Å². The fourth-order valence-corrected chi connectivity index (χ4v) is 2.89. The van der Waals surface area contributed by atoms with Gasteiger partial charge in [-0.2, -0.15) is 10.2 Å². The van der Waals surface area contributed by atoms with Crippen LogP contribution >= 0.6 is 15.9 Å². The van der Waals surface area contributed by atoms with E-state index in [4.69, 9.17) is 4.74 Å². The summed E-state index contributed by atoms with van der Waals surface area (Å²) in [6, 6.07) is 13.3. The van der Waals surface area contributed by atoms with Crippen molar-refractivity contribution in [3.63, 3.8) is 0 Å². The van der Waals surface area contributed by atoms with E-state index >= 15 is 0 Å². The molecule has 0 saturated heterocycles. The smallest absolute Gasteiger partial charge is 0.289 e. The molecule has 3 rings (SSSR count). The third-order valence-electron chi connectivity index (χ3n) is 4.19.